The number of ether oxygens (including phenoxy) is 1. The van der Waals surface area contributed by atoms with Crippen LogP contribution in [0.15, 0.2) is 72.8 Å². The smallest absolute Gasteiger partial charge is 0.339 e. The van der Waals surface area contributed by atoms with Gasteiger partial charge >= 0.3 is 5.97 Å². The number of hydrogen-bond acceptors (Lipinski definition) is 3. The van der Waals surface area contributed by atoms with Crippen LogP contribution in [0.2, 0.25) is 5.02 Å². The van der Waals surface area contributed by atoms with Gasteiger partial charge in [-0.2, -0.15) is 0 Å². The second kappa shape index (κ2) is 10.2. The van der Waals surface area contributed by atoms with E-state index >= 15 is 0 Å². The molecule has 4 nitrogen and oxygen atoms in total. The first kappa shape index (κ1) is 21.8. The average Bonchev–Trinajstić information content (AvgIpc) is 2.73. The van der Waals surface area contributed by atoms with Crippen molar-refractivity contribution < 1.29 is 9.53 Å². The van der Waals surface area contributed by atoms with Crippen LogP contribution in [0.25, 0.3) is 0 Å². The molecular weight excluding hydrogens is 416 g/mol. The molecule has 3 aromatic rings. The van der Waals surface area contributed by atoms with E-state index in [1.807, 2.05) is 18.2 Å². The number of carbonyl (C=O) groups is 1. The number of esters is 1. The molecule has 0 aliphatic rings. The molecule has 0 unspecified atom stereocenters. The molecule has 6 heteroatoms. The van der Waals surface area contributed by atoms with Gasteiger partial charge in [0.05, 0.1) is 23.2 Å². The standard InChI is InChI=1S/C24H23ClN2O2S/c1-3-29-23(28)20-14-13-19(15-21(20)25)26-24(30)27-22(17-7-5-4-6-8-17)18-11-9-16(2)10-12-18/h4-15,22H,3H2,1-2H3,(H2,26,27,30)/t22-/m1/s1. The van der Waals surface area contributed by atoms with Gasteiger partial charge < -0.3 is 15.4 Å². The summed E-state index contributed by atoms with van der Waals surface area (Å²) >= 11 is 11.8. The van der Waals surface area contributed by atoms with Crippen molar-refractivity contribution in [2.24, 2.45) is 0 Å². The minimum Gasteiger partial charge on any atom is -0.462 e. The number of thiocarbonyl (C=S) groups is 1. The fourth-order valence-electron chi connectivity index (χ4n) is 3.03. The van der Waals surface area contributed by atoms with E-state index in [4.69, 9.17) is 28.6 Å². The summed E-state index contributed by atoms with van der Waals surface area (Å²) in [6, 6.07) is 23.4. The second-order valence-corrected chi connectivity index (χ2v) is 7.58. The van der Waals surface area contributed by atoms with E-state index in [1.54, 1.807) is 25.1 Å². The van der Waals surface area contributed by atoms with Crippen molar-refractivity contribution in [3.63, 3.8) is 0 Å². The maximum Gasteiger partial charge on any atom is 0.339 e. The van der Waals surface area contributed by atoms with Gasteiger partial charge in [-0.3, -0.25) is 0 Å². The number of nitrogens with one attached hydrogen (secondary N) is 2. The quantitative estimate of drug-likeness (QED) is 0.370. The molecular formula is C24H23ClN2O2S. The Morgan fingerprint density at radius 2 is 1.70 bits per heavy atom. The molecule has 154 valence electrons. The molecule has 0 radical (unpaired) electrons. The van der Waals surface area contributed by atoms with Gasteiger partial charge in [-0.25, -0.2) is 4.79 Å². The zero-order valence-electron chi connectivity index (χ0n) is 16.8. The first-order valence-electron chi connectivity index (χ1n) is 9.63. The summed E-state index contributed by atoms with van der Waals surface area (Å²) in [5.74, 6) is -0.446. The molecule has 2 N–H and O–H groups in total. The van der Waals surface area contributed by atoms with Crippen LogP contribution in [0, 0.1) is 6.92 Å². The Labute approximate surface area is 187 Å². The molecule has 0 heterocycles. The zero-order chi connectivity index (χ0) is 21.5. The largest absolute Gasteiger partial charge is 0.462 e. The van der Waals surface area contributed by atoms with Crippen molar-refractivity contribution in [1.82, 2.24) is 5.32 Å². The van der Waals surface area contributed by atoms with E-state index in [-0.39, 0.29) is 6.04 Å². The maximum atomic E-state index is 11.9. The summed E-state index contributed by atoms with van der Waals surface area (Å²) in [7, 11) is 0. The van der Waals surface area contributed by atoms with Gasteiger partial charge in [0.25, 0.3) is 0 Å². The second-order valence-electron chi connectivity index (χ2n) is 6.77. The zero-order valence-corrected chi connectivity index (χ0v) is 18.4. The first-order chi connectivity index (χ1) is 14.5. The highest BCUT2D eigenvalue weighted by atomic mass is 35.5. The van der Waals surface area contributed by atoms with Crippen molar-refractivity contribution in [3.05, 3.63) is 100 Å². The Morgan fingerprint density at radius 1 is 1.03 bits per heavy atom. The lowest BCUT2D eigenvalue weighted by Crippen LogP contribution is -2.33. The molecule has 0 aliphatic carbocycles. The van der Waals surface area contributed by atoms with E-state index in [2.05, 4.69) is 54.0 Å². The van der Waals surface area contributed by atoms with Crippen LogP contribution in [-0.2, 0) is 4.74 Å². The Bertz CT molecular complexity index is 1020. The van der Waals surface area contributed by atoms with Crippen LogP contribution in [0.3, 0.4) is 0 Å². The van der Waals surface area contributed by atoms with Gasteiger partial charge in [0.15, 0.2) is 5.11 Å². The maximum absolute atomic E-state index is 11.9. The Kier molecular flexibility index (Phi) is 7.44. The highest BCUT2D eigenvalue weighted by molar-refractivity contribution is 7.80. The number of benzene rings is 3. The molecule has 0 spiro atoms. The summed E-state index contributed by atoms with van der Waals surface area (Å²) in [5, 5.41) is 7.28. The number of rotatable bonds is 6. The predicted octanol–water partition coefficient (Wildman–Crippen LogP) is 5.90. The van der Waals surface area contributed by atoms with Crippen molar-refractivity contribution in [2.45, 2.75) is 19.9 Å². The van der Waals surface area contributed by atoms with Gasteiger partial charge in [0.2, 0.25) is 0 Å². The van der Waals surface area contributed by atoms with E-state index in [0.717, 1.165) is 11.1 Å². The summed E-state index contributed by atoms with van der Waals surface area (Å²) in [5.41, 5.74) is 4.40. The lowest BCUT2D eigenvalue weighted by atomic mass is 9.98. The van der Waals surface area contributed by atoms with Crippen molar-refractivity contribution in [1.29, 1.82) is 0 Å². The number of anilines is 1. The van der Waals surface area contributed by atoms with Crippen LogP contribution in [-0.4, -0.2) is 17.7 Å². The predicted molar refractivity (Wildman–Crippen MR) is 126 cm³/mol. The third-order valence-electron chi connectivity index (χ3n) is 4.54. The van der Waals surface area contributed by atoms with E-state index < -0.39 is 5.97 Å². The van der Waals surface area contributed by atoms with Crippen molar-refractivity contribution in [3.8, 4) is 0 Å². The van der Waals surface area contributed by atoms with Crippen LogP contribution in [0.4, 0.5) is 5.69 Å². The van der Waals surface area contributed by atoms with E-state index in [1.165, 1.54) is 5.56 Å². The highest BCUT2D eigenvalue weighted by Crippen LogP contribution is 2.24. The molecule has 1 atom stereocenters. The lowest BCUT2D eigenvalue weighted by Gasteiger charge is -2.22. The van der Waals surface area contributed by atoms with Crippen LogP contribution in [0.1, 0.15) is 40.0 Å². The summed E-state index contributed by atoms with van der Waals surface area (Å²) in [4.78, 5) is 11.9. The molecule has 3 aromatic carbocycles. The van der Waals surface area contributed by atoms with Crippen LogP contribution in [0.5, 0.6) is 0 Å². The number of hydrogen-bond donors (Lipinski definition) is 2. The van der Waals surface area contributed by atoms with Crippen molar-refractivity contribution >= 4 is 40.6 Å². The third-order valence-corrected chi connectivity index (χ3v) is 5.07. The monoisotopic (exact) mass is 438 g/mol. The topological polar surface area (TPSA) is 50.4 Å². The van der Waals surface area contributed by atoms with E-state index in [0.29, 0.717) is 28.0 Å². The summed E-state index contributed by atoms with van der Waals surface area (Å²) in [6.45, 7) is 4.11. The van der Waals surface area contributed by atoms with E-state index in [9.17, 15) is 4.79 Å². The SMILES string of the molecule is CCOC(=O)c1ccc(NC(=S)N[C@H](c2ccccc2)c2ccc(C)cc2)cc1Cl. The molecule has 0 aromatic heterocycles. The fourth-order valence-corrected chi connectivity index (χ4v) is 3.52. The van der Waals surface area contributed by atoms with Crippen LogP contribution >= 0.6 is 23.8 Å². The number of carbonyl (C=O) groups excluding carboxylic acids is 1. The van der Waals surface area contributed by atoms with Crippen LogP contribution < -0.4 is 10.6 Å². The molecule has 0 amide bonds. The number of aryl methyl sites for hydroxylation is 1. The van der Waals surface area contributed by atoms with Gasteiger partial charge in [-0.1, -0.05) is 71.8 Å². The Hall–Kier alpha value is -2.89. The Morgan fingerprint density at radius 3 is 2.33 bits per heavy atom. The summed E-state index contributed by atoms with van der Waals surface area (Å²) < 4.78 is 5.01. The minimum atomic E-state index is -0.446. The molecule has 3 rings (SSSR count). The molecule has 0 saturated heterocycles. The molecule has 30 heavy (non-hydrogen) atoms. The first-order valence-corrected chi connectivity index (χ1v) is 10.4. The Balaban J connectivity index is 1.77. The molecule has 0 aliphatic heterocycles. The summed E-state index contributed by atoms with van der Waals surface area (Å²) in [6.07, 6.45) is 0. The lowest BCUT2D eigenvalue weighted by molar-refractivity contribution is 0.0526. The van der Waals surface area contributed by atoms with Crippen molar-refractivity contribution in [2.75, 3.05) is 11.9 Å². The normalized spacial score (nSPS) is 11.4. The number of halogens is 1. The molecule has 0 saturated carbocycles. The van der Waals surface area contributed by atoms with Gasteiger partial charge in [-0.15, -0.1) is 0 Å². The van der Waals surface area contributed by atoms with Gasteiger partial charge in [0.1, 0.15) is 0 Å². The van der Waals surface area contributed by atoms with Gasteiger partial charge in [0, 0.05) is 5.69 Å². The average molecular weight is 439 g/mol. The molecule has 0 fully saturated rings. The fraction of sp³-hybridized carbons (Fsp3) is 0.167. The molecule has 0 bridgehead atoms. The third kappa shape index (κ3) is 5.59. The van der Waals surface area contributed by atoms with Gasteiger partial charge in [-0.05, 0) is 55.4 Å². The highest BCUT2D eigenvalue weighted by Gasteiger charge is 2.16. The minimum absolute atomic E-state index is 0.110.